The molecule has 0 radical (unpaired) electrons. The average molecular weight is 261 g/mol. The summed E-state index contributed by atoms with van der Waals surface area (Å²) in [5.74, 6) is 0.794. The number of hydrogen-bond acceptors (Lipinski definition) is 3. The predicted octanol–water partition coefficient (Wildman–Crippen LogP) is 2.89. The first kappa shape index (κ1) is 12.5. The number of aromatic nitrogens is 2. The fourth-order valence-electron chi connectivity index (χ4n) is 1.69. The summed E-state index contributed by atoms with van der Waals surface area (Å²) in [4.78, 5) is 4.44. The third-order valence-electron chi connectivity index (χ3n) is 2.54. The van der Waals surface area contributed by atoms with Crippen LogP contribution >= 0.6 is 11.6 Å². The maximum absolute atomic E-state index is 8.96. The SMILES string of the molecule is CCNc1ccc(Cl)c(Cn2cccc2C#N)n1. The van der Waals surface area contributed by atoms with Crippen LogP contribution in [0.2, 0.25) is 5.02 Å². The molecular weight excluding hydrogens is 248 g/mol. The van der Waals surface area contributed by atoms with E-state index in [-0.39, 0.29) is 0 Å². The largest absolute Gasteiger partial charge is 0.370 e. The van der Waals surface area contributed by atoms with Crippen LogP contribution in [-0.2, 0) is 6.54 Å². The average Bonchev–Trinajstić information content (AvgIpc) is 2.81. The molecule has 0 aliphatic rings. The van der Waals surface area contributed by atoms with Gasteiger partial charge < -0.3 is 9.88 Å². The van der Waals surface area contributed by atoms with E-state index in [1.807, 2.05) is 35.9 Å². The predicted molar refractivity (Wildman–Crippen MR) is 71.7 cm³/mol. The zero-order chi connectivity index (χ0) is 13.0. The van der Waals surface area contributed by atoms with E-state index in [4.69, 9.17) is 16.9 Å². The Kier molecular flexibility index (Phi) is 3.85. The molecular formula is C13H13ClN4. The third kappa shape index (κ3) is 2.63. The quantitative estimate of drug-likeness (QED) is 0.920. The number of halogens is 1. The van der Waals surface area contributed by atoms with E-state index in [0.29, 0.717) is 17.3 Å². The van der Waals surface area contributed by atoms with Gasteiger partial charge in [-0.1, -0.05) is 11.6 Å². The standard InChI is InChI=1S/C13H13ClN4/c1-2-16-13-6-5-11(14)12(17-13)9-18-7-3-4-10(18)8-15/h3-7H,2,9H2,1H3,(H,16,17). The molecule has 0 aliphatic carbocycles. The molecule has 0 fully saturated rings. The Labute approximate surface area is 111 Å². The highest BCUT2D eigenvalue weighted by Crippen LogP contribution is 2.18. The Hall–Kier alpha value is -1.99. The van der Waals surface area contributed by atoms with Gasteiger partial charge in [-0.3, -0.25) is 0 Å². The first-order valence-corrected chi connectivity index (χ1v) is 6.07. The van der Waals surface area contributed by atoms with E-state index in [9.17, 15) is 0 Å². The third-order valence-corrected chi connectivity index (χ3v) is 2.88. The molecule has 0 saturated heterocycles. The minimum absolute atomic E-state index is 0.494. The van der Waals surface area contributed by atoms with Crippen LogP contribution in [0.5, 0.6) is 0 Å². The van der Waals surface area contributed by atoms with E-state index in [0.717, 1.165) is 18.1 Å². The molecule has 0 saturated carbocycles. The summed E-state index contributed by atoms with van der Waals surface area (Å²) in [6.45, 7) is 3.31. The van der Waals surface area contributed by atoms with E-state index in [1.165, 1.54) is 0 Å². The minimum Gasteiger partial charge on any atom is -0.370 e. The van der Waals surface area contributed by atoms with Crippen LogP contribution in [-0.4, -0.2) is 16.1 Å². The van der Waals surface area contributed by atoms with Gasteiger partial charge in [0, 0.05) is 12.7 Å². The van der Waals surface area contributed by atoms with Crippen LogP contribution in [0.1, 0.15) is 18.3 Å². The van der Waals surface area contributed by atoms with E-state index in [2.05, 4.69) is 16.4 Å². The summed E-state index contributed by atoms with van der Waals surface area (Å²) in [6.07, 6.45) is 1.84. The fraction of sp³-hybridized carbons (Fsp3) is 0.231. The molecule has 0 aromatic carbocycles. The van der Waals surface area contributed by atoms with Crippen molar-refractivity contribution in [3.05, 3.63) is 46.9 Å². The van der Waals surface area contributed by atoms with Crippen molar-refractivity contribution in [2.45, 2.75) is 13.5 Å². The number of hydrogen-bond donors (Lipinski definition) is 1. The van der Waals surface area contributed by atoms with Gasteiger partial charge in [0.1, 0.15) is 17.6 Å². The molecule has 5 heteroatoms. The lowest BCUT2D eigenvalue weighted by Gasteiger charge is -2.09. The second-order valence-electron chi connectivity index (χ2n) is 3.79. The van der Waals surface area contributed by atoms with Crippen molar-refractivity contribution in [1.29, 1.82) is 5.26 Å². The summed E-state index contributed by atoms with van der Waals surface area (Å²) < 4.78 is 1.82. The lowest BCUT2D eigenvalue weighted by molar-refractivity contribution is 0.770. The fourth-order valence-corrected chi connectivity index (χ4v) is 1.85. The molecule has 0 spiro atoms. The molecule has 2 aromatic rings. The molecule has 2 aromatic heterocycles. The Morgan fingerprint density at radius 1 is 1.44 bits per heavy atom. The van der Waals surface area contributed by atoms with Crippen molar-refractivity contribution in [1.82, 2.24) is 9.55 Å². The number of anilines is 1. The molecule has 18 heavy (non-hydrogen) atoms. The molecule has 2 rings (SSSR count). The van der Waals surface area contributed by atoms with Crippen LogP contribution in [0.3, 0.4) is 0 Å². The van der Waals surface area contributed by atoms with Gasteiger partial charge in [0.2, 0.25) is 0 Å². The van der Waals surface area contributed by atoms with E-state index >= 15 is 0 Å². The lowest BCUT2D eigenvalue weighted by Crippen LogP contribution is -2.06. The second-order valence-corrected chi connectivity index (χ2v) is 4.20. The normalized spacial score (nSPS) is 10.1. The topological polar surface area (TPSA) is 53.6 Å². The first-order chi connectivity index (χ1) is 8.74. The van der Waals surface area contributed by atoms with E-state index in [1.54, 1.807) is 6.07 Å². The highest BCUT2D eigenvalue weighted by atomic mass is 35.5. The molecule has 0 aliphatic heterocycles. The lowest BCUT2D eigenvalue weighted by atomic mass is 10.3. The minimum atomic E-state index is 0.494. The Morgan fingerprint density at radius 2 is 2.28 bits per heavy atom. The molecule has 0 unspecified atom stereocenters. The van der Waals surface area contributed by atoms with Crippen molar-refractivity contribution in [3.63, 3.8) is 0 Å². The molecule has 0 bridgehead atoms. The smallest absolute Gasteiger partial charge is 0.126 e. The molecule has 2 heterocycles. The van der Waals surface area contributed by atoms with Gasteiger partial charge in [-0.2, -0.15) is 5.26 Å². The van der Waals surface area contributed by atoms with Crippen LogP contribution < -0.4 is 5.32 Å². The van der Waals surface area contributed by atoms with Crippen molar-refractivity contribution >= 4 is 17.4 Å². The van der Waals surface area contributed by atoms with Crippen molar-refractivity contribution < 1.29 is 0 Å². The summed E-state index contributed by atoms with van der Waals surface area (Å²) in [5, 5.41) is 12.7. The highest BCUT2D eigenvalue weighted by Gasteiger charge is 2.07. The number of rotatable bonds is 4. The van der Waals surface area contributed by atoms with E-state index < -0.39 is 0 Å². The number of nitrogens with zero attached hydrogens (tertiary/aromatic N) is 3. The van der Waals surface area contributed by atoms with Gasteiger partial charge in [0.25, 0.3) is 0 Å². The first-order valence-electron chi connectivity index (χ1n) is 5.69. The Bertz CT molecular complexity index is 583. The second kappa shape index (κ2) is 5.56. The summed E-state index contributed by atoms with van der Waals surface area (Å²) >= 11 is 6.12. The summed E-state index contributed by atoms with van der Waals surface area (Å²) in [5.41, 5.74) is 1.35. The van der Waals surface area contributed by atoms with Crippen molar-refractivity contribution in [2.24, 2.45) is 0 Å². The molecule has 1 N–H and O–H groups in total. The molecule has 0 atom stereocenters. The van der Waals surface area contributed by atoms with Gasteiger partial charge in [-0.15, -0.1) is 0 Å². The zero-order valence-corrected chi connectivity index (χ0v) is 10.8. The molecule has 0 amide bonds. The molecule has 92 valence electrons. The van der Waals surface area contributed by atoms with Crippen LogP contribution in [0.15, 0.2) is 30.5 Å². The van der Waals surface area contributed by atoms with Gasteiger partial charge in [-0.25, -0.2) is 4.98 Å². The van der Waals surface area contributed by atoms with Gasteiger partial charge in [0.05, 0.1) is 17.3 Å². The van der Waals surface area contributed by atoms with Gasteiger partial charge in [0.15, 0.2) is 0 Å². The van der Waals surface area contributed by atoms with Crippen molar-refractivity contribution in [3.8, 4) is 6.07 Å². The maximum atomic E-state index is 8.96. The number of nitrogens with one attached hydrogen (secondary N) is 1. The highest BCUT2D eigenvalue weighted by molar-refractivity contribution is 6.31. The van der Waals surface area contributed by atoms with Gasteiger partial charge in [-0.05, 0) is 31.2 Å². The monoisotopic (exact) mass is 260 g/mol. The van der Waals surface area contributed by atoms with Crippen LogP contribution in [0.25, 0.3) is 0 Å². The Morgan fingerprint density at radius 3 is 3.00 bits per heavy atom. The van der Waals surface area contributed by atoms with Gasteiger partial charge >= 0.3 is 0 Å². The van der Waals surface area contributed by atoms with Crippen molar-refractivity contribution in [2.75, 3.05) is 11.9 Å². The zero-order valence-electron chi connectivity index (χ0n) is 10.0. The maximum Gasteiger partial charge on any atom is 0.126 e. The number of nitriles is 1. The summed E-state index contributed by atoms with van der Waals surface area (Å²) in [6, 6.07) is 9.39. The Balaban J connectivity index is 2.28. The summed E-state index contributed by atoms with van der Waals surface area (Å²) in [7, 11) is 0. The van der Waals surface area contributed by atoms with Crippen LogP contribution in [0.4, 0.5) is 5.82 Å². The molecule has 4 nitrogen and oxygen atoms in total. The number of pyridine rings is 1. The van der Waals surface area contributed by atoms with Crippen LogP contribution in [0, 0.1) is 11.3 Å².